The minimum absolute atomic E-state index is 0.00966. The average molecular weight is 453 g/mol. The molecule has 150 valence electrons. The van der Waals surface area contributed by atoms with Crippen molar-refractivity contribution in [3.8, 4) is 0 Å². The molecule has 3 rings (SSSR count). The summed E-state index contributed by atoms with van der Waals surface area (Å²) in [6, 6.07) is 17.2. The predicted molar refractivity (Wildman–Crippen MR) is 112 cm³/mol. The number of carbonyl (C=O) groups excluding carboxylic acids is 1. The molecule has 0 atom stereocenters. The highest BCUT2D eigenvalue weighted by Crippen LogP contribution is 2.32. The molecule has 0 unspecified atom stereocenters. The third-order valence-electron chi connectivity index (χ3n) is 3.91. The van der Waals surface area contributed by atoms with E-state index in [9.17, 15) is 17.6 Å². The fourth-order valence-electron chi connectivity index (χ4n) is 2.60. The standard InChI is InChI=1S/C20H15Cl2FN2O3S/c21-14-9-10-19(18(22)11-14)25(29(27,28)17-7-2-1-3-8-17)13-20(26)24-16-6-4-5-15(23)12-16/h1-12H,13H2,(H,24,26). The van der Waals surface area contributed by atoms with Crippen LogP contribution in [0.1, 0.15) is 0 Å². The monoisotopic (exact) mass is 452 g/mol. The zero-order valence-electron chi connectivity index (χ0n) is 14.8. The van der Waals surface area contributed by atoms with Crippen LogP contribution in [0.2, 0.25) is 10.0 Å². The Balaban J connectivity index is 1.98. The molecular weight excluding hydrogens is 438 g/mol. The van der Waals surface area contributed by atoms with E-state index in [1.165, 1.54) is 48.5 Å². The largest absolute Gasteiger partial charge is 0.324 e. The van der Waals surface area contributed by atoms with Crippen molar-refractivity contribution in [3.05, 3.63) is 88.7 Å². The molecule has 0 aromatic heterocycles. The van der Waals surface area contributed by atoms with Crippen LogP contribution in [0.25, 0.3) is 0 Å². The SMILES string of the molecule is O=C(CN(c1ccc(Cl)cc1Cl)S(=O)(=O)c1ccccc1)Nc1cccc(F)c1. The number of hydrogen-bond donors (Lipinski definition) is 1. The highest BCUT2D eigenvalue weighted by atomic mass is 35.5. The Labute approximate surface area is 177 Å². The first-order chi connectivity index (χ1) is 13.8. The smallest absolute Gasteiger partial charge is 0.264 e. The number of nitrogens with one attached hydrogen (secondary N) is 1. The van der Waals surface area contributed by atoms with Crippen LogP contribution in [0.3, 0.4) is 0 Å². The second-order valence-electron chi connectivity index (χ2n) is 5.98. The first-order valence-corrected chi connectivity index (χ1v) is 10.6. The van der Waals surface area contributed by atoms with E-state index in [4.69, 9.17) is 23.2 Å². The van der Waals surface area contributed by atoms with E-state index in [-0.39, 0.29) is 21.3 Å². The van der Waals surface area contributed by atoms with E-state index in [0.29, 0.717) is 5.02 Å². The summed E-state index contributed by atoms with van der Waals surface area (Å²) in [5, 5.41) is 2.87. The van der Waals surface area contributed by atoms with Crippen molar-refractivity contribution < 1.29 is 17.6 Å². The fourth-order valence-corrected chi connectivity index (χ4v) is 4.62. The first kappa shape index (κ1) is 21.1. The highest BCUT2D eigenvalue weighted by molar-refractivity contribution is 7.92. The minimum atomic E-state index is -4.11. The van der Waals surface area contributed by atoms with Crippen LogP contribution >= 0.6 is 23.2 Å². The average Bonchev–Trinajstić information content (AvgIpc) is 2.67. The van der Waals surface area contributed by atoms with Crippen LogP contribution in [-0.4, -0.2) is 20.9 Å². The van der Waals surface area contributed by atoms with Crippen molar-refractivity contribution in [1.29, 1.82) is 0 Å². The molecule has 0 saturated carbocycles. The zero-order chi connectivity index (χ0) is 21.0. The van der Waals surface area contributed by atoms with Gasteiger partial charge in [0.15, 0.2) is 0 Å². The molecule has 0 aliphatic carbocycles. The minimum Gasteiger partial charge on any atom is -0.324 e. The van der Waals surface area contributed by atoms with Gasteiger partial charge in [-0.1, -0.05) is 47.5 Å². The molecule has 0 radical (unpaired) electrons. The summed E-state index contributed by atoms with van der Waals surface area (Å²) < 4.78 is 40.7. The third-order valence-corrected chi connectivity index (χ3v) is 6.22. The van der Waals surface area contributed by atoms with Crippen molar-refractivity contribution in [3.63, 3.8) is 0 Å². The quantitative estimate of drug-likeness (QED) is 0.574. The Morgan fingerprint density at radius 3 is 2.34 bits per heavy atom. The molecule has 0 heterocycles. The van der Waals surface area contributed by atoms with E-state index in [1.807, 2.05) is 0 Å². The molecule has 9 heteroatoms. The van der Waals surface area contributed by atoms with Gasteiger partial charge < -0.3 is 5.32 Å². The molecule has 3 aromatic carbocycles. The third kappa shape index (κ3) is 5.06. The van der Waals surface area contributed by atoms with E-state index in [0.717, 1.165) is 10.4 Å². The lowest BCUT2D eigenvalue weighted by Crippen LogP contribution is -2.38. The number of carbonyl (C=O) groups is 1. The lowest BCUT2D eigenvalue weighted by Gasteiger charge is -2.25. The molecule has 0 aliphatic heterocycles. The van der Waals surface area contributed by atoms with Crippen LogP contribution in [0.15, 0.2) is 77.7 Å². The number of amides is 1. The van der Waals surface area contributed by atoms with Crippen LogP contribution < -0.4 is 9.62 Å². The fraction of sp³-hybridized carbons (Fsp3) is 0.0500. The number of sulfonamides is 1. The van der Waals surface area contributed by atoms with Gasteiger partial charge in [0.1, 0.15) is 12.4 Å². The molecule has 0 saturated heterocycles. The Kier molecular flexibility index (Phi) is 6.42. The normalized spacial score (nSPS) is 11.1. The summed E-state index contributed by atoms with van der Waals surface area (Å²) in [4.78, 5) is 12.5. The van der Waals surface area contributed by atoms with Crippen molar-refractivity contribution >= 4 is 50.5 Å². The van der Waals surface area contributed by atoms with Crippen molar-refractivity contribution in [2.45, 2.75) is 4.90 Å². The van der Waals surface area contributed by atoms with E-state index < -0.39 is 28.3 Å². The molecule has 0 bridgehead atoms. The number of hydrogen-bond acceptors (Lipinski definition) is 3. The van der Waals surface area contributed by atoms with Crippen LogP contribution in [0.4, 0.5) is 15.8 Å². The topological polar surface area (TPSA) is 66.5 Å². The van der Waals surface area contributed by atoms with Gasteiger partial charge >= 0.3 is 0 Å². The Bertz CT molecular complexity index is 1140. The first-order valence-electron chi connectivity index (χ1n) is 8.35. The summed E-state index contributed by atoms with van der Waals surface area (Å²) in [6.45, 7) is -0.574. The van der Waals surface area contributed by atoms with Gasteiger partial charge in [0.05, 0.1) is 15.6 Å². The zero-order valence-corrected chi connectivity index (χ0v) is 17.2. The molecule has 0 aliphatic rings. The summed E-state index contributed by atoms with van der Waals surface area (Å²) in [7, 11) is -4.11. The van der Waals surface area contributed by atoms with Gasteiger partial charge in [-0.05, 0) is 48.5 Å². The summed E-state index contributed by atoms with van der Waals surface area (Å²) in [5.41, 5.74) is 0.295. The van der Waals surface area contributed by atoms with Crippen LogP contribution in [0, 0.1) is 5.82 Å². The van der Waals surface area contributed by atoms with Crippen molar-refractivity contribution in [1.82, 2.24) is 0 Å². The maximum Gasteiger partial charge on any atom is 0.264 e. The van der Waals surface area contributed by atoms with Gasteiger partial charge in [-0.2, -0.15) is 0 Å². The molecule has 29 heavy (non-hydrogen) atoms. The Hall–Kier alpha value is -2.61. The molecular formula is C20H15Cl2FN2O3S. The number of halogens is 3. The van der Waals surface area contributed by atoms with E-state index in [1.54, 1.807) is 18.2 Å². The van der Waals surface area contributed by atoms with Gasteiger partial charge in [0.2, 0.25) is 5.91 Å². The molecule has 1 N–H and O–H groups in total. The summed E-state index contributed by atoms with van der Waals surface area (Å²) in [5.74, 6) is -1.20. The van der Waals surface area contributed by atoms with Gasteiger partial charge in [0.25, 0.3) is 10.0 Å². The van der Waals surface area contributed by atoms with E-state index in [2.05, 4.69) is 5.32 Å². The lowest BCUT2D eigenvalue weighted by atomic mass is 10.3. The van der Waals surface area contributed by atoms with Crippen LogP contribution in [0.5, 0.6) is 0 Å². The highest BCUT2D eigenvalue weighted by Gasteiger charge is 2.28. The van der Waals surface area contributed by atoms with Crippen molar-refractivity contribution in [2.75, 3.05) is 16.2 Å². The van der Waals surface area contributed by atoms with Crippen LogP contribution in [-0.2, 0) is 14.8 Å². The second kappa shape index (κ2) is 8.82. The number of benzene rings is 3. The Morgan fingerprint density at radius 1 is 0.966 bits per heavy atom. The molecule has 0 fully saturated rings. The van der Waals surface area contributed by atoms with Gasteiger partial charge in [0, 0.05) is 10.7 Å². The molecule has 1 amide bonds. The van der Waals surface area contributed by atoms with Crippen molar-refractivity contribution in [2.24, 2.45) is 0 Å². The van der Waals surface area contributed by atoms with Gasteiger partial charge in [-0.15, -0.1) is 0 Å². The number of rotatable bonds is 6. The number of anilines is 2. The lowest BCUT2D eigenvalue weighted by molar-refractivity contribution is -0.114. The Morgan fingerprint density at radius 2 is 1.69 bits per heavy atom. The summed E-state index contributed by atoms with van der Waals surface area (Å²) in [6.07, 6.45) is 0. The predicted octanol–water partition coefficient (Wildman–Crippen LogP) is 4.97. The second-order valence-corrected chi connectivity index (χ2v) is 8.68. The molecule has 3 aromatic rings. The molecule has 5 nitrogen and oxygen atoms in total. The van der Waals surface area contributed by atoms with Gasteiger partial charge in [-0.3, -0.25) is 9.10 Å². The maximum atomic E-state index is 13.4. The van der Waals surface area contributed by atoms with Gasteiger partial charge in [-0.25, -0.2) is 12.8 Å². The summed E-state index contributed by atoms with van der Waals surface area (Å²) >= 11 is 12.1. The number of nitrogens with zero attached hydrogens (tertiary/aromatic N) is 1. The maximum absolute atomic E-state index is 13.4. The molecule has 0 spiro atoms. The van der Waals surface area contributed by atoms with E-state index >= 15 is 0 Å².